The van der Waals surface area contributed by atoms with Crippen LogP contribution in [0.25, 0.3) is 10.8 Å². The first-order valence-electron chi connectivity index (χ1n) is 8.88. The van der Waals surface area contributed by atoms with E-state index in [1.807, 2.05) is 18.2 Å². The topological polar surface area (TPSA) is 105 Å². The molecule has 2 heterocycles. The van der Waals surface area contributed by atoms with Crippen molar-refractivity contribution < 1.29 is 19.1 Å². The number of hydrogen-bond acceptors (Lipinski definition) is 6. The number of rotatable bonds is 4. The van der Waals surface area contributed by atoms with Crippen LogP contribution in [0.4, 0.5) is 10.5 Å². The Balaban J connectivity index is 1.75. The Bertz CT molecular complexity index is 914. The number of hydrogen-bond donors (Lipinski definition) is 2. The van der Waals surface area contributed by atoms with E-state index in [4.69, 9.17) is 5.73 Å². The second-order valence-electron chi connectivity index (χ2n) is 6.53. The summed E-state index contributed by atoms with van der Waals surface area (Å²) in [5, 5.41) is 4.92. The maximum Gasteiger partial charge on any atom is 0.404 e. The highest BCUT2D eigenvalue weighted by Gasteiger charge is 2.33. The Morgan fingerprint density at radius 3 is 2.48 bits per heavy atom. The van der Waals surface area contributed by atoms with E-state index < -0.39 is 6.09 Å². The summed E-state index contributed by atoms with van der Waals surface area (Å²) >= 11 is 0. The lowest BCUT2D eigenvalue weighted by molar-refractivity contribution is 0.0566. The number of nitrogens with one attached hydrogen (secondary N) is 1. The fraction of sp³-hybridized carbons (Fsp3) is 0.316. The third-order valence-electron chi connectivity index (χ3n) is 4.99. The molecule has 0 bridgehead atoms. The zero-order chi connectivity index (χ0) is 19.0. The van der Waals surface area contributed by atoms with Gasteiger partial charge in [-0.2, -0.15) is 0 Å². The molecule has 0 saturated carbocycles. The first kappa shape index (κ1) is 17.3. The van der Waals surface area contributed by atoms with Crippen molar-refractivity contribution in [1.29, 1.82) is 0 Å². The molecule has 1 saturated heterocycles. The molecule has 3 amide bonds. The van der Waals surface area contributed by atoms with Gasteiger partial charge in [-0.25, -0.2) is 4.79 Å². The molecule has 8 nitrogen and oxygen atoms in total. The molecule has 0 spiro atoms. The summed E-state index contributed by atoms with van der Waals surface area (Å²) in [5.41, 5.74) is 6.94. The van der Waals surface area contributed by atoms with Crippen LogP contribution < -0.4 is 16.0 Å². The van der Waals surface area contributed by atoms with Crippen molar-refractivity contribution in [3.05, 3.63) is 41.5 Å². The highest BCUT2D eigenvalue weighted by Crippen LogP contribution is 2.36. The standard InChI is InChI=1S/C19H20N4O4/c20-19(26)27-11-10-23-17(24)13-3-1-2-12-15(22-8-6-21-7-9-22)5-4-14(16(12)13)18(23)25/h1-5,21H,6-11H2,(H2,20,26). The lowest BCUT2D eigenvalue weighted by Crippen LogP contribution is -2.44. The summed E-state index contributed by atoms with van der Waals surface area (Å²) in [5.74, 6) is -0.771. The van der Waals surface area contributed by atoms with Crippen LogP contribution in [0.2, 0.25) is 0 Å². The van der Waals surface area contributed by atoms with Crippen LogP contribution in [0.5, 0.6) is 0 Å². The number of anilines is 1. The number of carbonyl (C=O) groups is 3. The third-order valence-corrected chi connectivity index (χ3v) is 4.99. The molecule has 2 aliphatic heterocycles. The van der Waals surface area contributed by atoms with Crippen molar-refractivity contribution in [3.8, 4) is 0 Å². The largest absolute Gasteiger partial charge is 0.448 e. The van der Waals surface area contributed by atoms with E-state index in [0.29, 0.717) is 16.5 Å². The maximum absolute atomic E-state index is 12.9. The van der Waals surface area contributed by atoms with Crippen LogP contribution in [0, 0.1) is 0 Å². The van der Waals surface area contributed by atoms with Crippen molar-refractivity contribution >= 4 is 34.4 Å². The molecule has 0 atom stereocenters. The molecule has 27 heavy (non-hydrogen) atoms. The number of nitrogens with zero attached hydrogens (tertiary/aromatic N) is 2. The summed E-state index contributed by atoms with van der Waals surface area (Å²) < 4.78 is 4.68. The van der Waals surface area contributed by atoms with E-state index in [2.05, 4.69) is 15.0 Å². The molecule has 4 rings (SSSR count). The van der Waals surface area contributed by atoms with E-state index in [0.717, 1.165) is 42.2 Å². The third kappa shape index (κ3) is 2.97. The van der Waals surface area contributed by atoms with Gasteiger partial charge in [-0.15, -0.1) is 0 Å². The highest BCUT2D eigenvalue weighted by molar-refractivity contribution is 6.26. The predicted molar refractivity (Wildman–Crippen MR) is 99.9 cm³/mol. The molecule has 2 aromatic carbocycles. The molecular formula is C19H20N4O4. The molecule has 0 unspecified atom stereocenters. The molecule has 0 aliphatic carbocycles. The smallest absolute Gasteiger partial charge is 0.404 e. The molecule has 3 N–H and O–H groups in total. The molecular weight excluding hydrogens is 348 g/mol. The van der Waals surface area contributed by atoms with Gasteiger partial charge in [0.1, 0.15) is 6.61 Å². The molecule has 1 fully saturated rings. The van der Waals surface area contributed by atoms with Crippen molar-refractivity contribution in [2.45, 2.75) is 0 Å². The number of benzene rings is 2. The van der Waals surface area contributed by atoms with E-state index in [1.165, 1.54) is 0 Å². The van der Waals surface area contributed by atoms with Crippen molar-refractivity contribution in [3.63, 3.8) is 0 Å². The average molecular weight is 368 g/mol. The first-order chi connectivity index (χ1) is 13.1. The van der Waals surface area contributed by atoms with E-state index >= 15 is 0 Å². The van der Waals surface area contributed by atoms with Gasteiger partial charge < -0.3 is 20.7 Å². The Morgan fingerprint density at radius 2 is 1.78 bits per heavy atom. The number of piperazine rings is 1. The minimum absolute atomic E-state index is 0.0318. The predicted octanol–water partition coefficient (Wildman–Crippen LogP) is 0.941. The monoisotopic (exact) mass is 368 g/mol. The SMILES string of the molecule is NC(=O)OCCN1C(=O)c2cccc3c(N4CCNCC4)ccc(c23)C1=O. The Hall–Kier alpha value is -3.13. The average Bonchev–Trinajstić information content (AvgIpc) is 2.68. The zero-order valence-electron chi connectivity index (χ0n) is 14.7. The molecule has 8 heteroatoms. The van der Waals surface area contributed by atoms with Crippen LogP contribution >= 0.6 is 0 Å². The summed E-state index contributed by atoms with van der Waals surface area (Å²) in [7, 11) is 0. The first-order valence-corrected chi connectivity index (χ1v) is 8.88. The van der Waals surface area contributed by atoms with Gasteiger partial charge in [0.15, 0.2) is 0 Å². The molecule has 0 radical (unpaired) electrons. The zero-order valence-corrected chi connectivity index (χ0v) is 14.7. The van der Waals surface area contributed by atoms with Crippen LogP contribution in [0.3, 0.4) is 0 Å². The quantitative estimate of drug-likeness (QED) is 0.779. The van der Waals surface area contributed by atoms with Gasteiger partial charge in [0, 0.05) is 53.8 Å². The van der Waals surface area contributed by atoms with Crippen molar-refractivity contribution in [2.75, 3.05) is 44.2 Å². The Morgan fingerprint density at radius 1 is 1.07 bits per heavy atom. The summed E-state index contributed by atoms with van der Waals surface area (Å²) in [6, 6.07) is 9.23. The van der Waals surface area contributed by atoms with Crippen molar-refractivity contribution in [1.82, 2.24) is 10.2 Å². The number of imide groups is 1. The van der Waals surface area contributed by atoms with Crippen molar-refractivity contribution in [2.24, 2.45) is 5.73 Å². The van der Waals surface area contributed by atoms with Gasteiger partial charge >= 0.3 is 6.09 Å². The second kappa shape index (κ2) is 6.88. The highest BCUT2D eigenvalue weighted by atomic mass is 16.5. The molecule has 2 aliphatic rings. The van der Waals surface area contributed by atoms with Crippen LogP contribution in [0.15, 0.2) is 30.3 Å². The number of primary amides is 1. The minimum Gasteiger partial charge on any atom is -0.448 e. The van der Waals surface area contributed by atoms with Gasteiger partial charge in [0.2, 0.25) is 0 Å². The maximum atomic E-state index is 12.9. The van der Waals surface area contributed by atoms with Gasteiger partial charge in [-0.1, -0.05) is 12.1 Å². The van der Waals surface area contributed by atoms with Gasteiger partial charge in [0.05, 0.1) is 6.54 Å². The van der Waals surface area contributed by atoms with Crippen LogP contribution in [0.1, 0.15) is 20.7 Å². The normalized spacial score (nSPS) is 16.7. The summed E-state index contributed by atoms with van der Waals surface area (Å²) in [4.78, 5) is 39.9. The Labute approximate surface area is 155 Å². The summed E-state index contributed by atoms with van der Waals surface area (Å²) in [6.45, 7) is 3.38. The lowest BCUT2D eigenvalue weighted by atomic mass is 9.92. The fourth-order valence-electron chi connectivity index (χ4n) is 3.75. The van der Waals surface area contributed by atoms with Gasteiger partial charge in [-0.05, 0) is 18.2 Å². The lowest BCUT2D eigenvalue weighted by Gasteiger charge is -2.32. The van der Waals surface area contributed by atoms with E-state index in [9.17, 15) is 14.4 Å². The molecule has 140 valence electrons. The van der Waals surface area contributed by atoms with Gasteiger partial charge in [-0.3, -0.25) is 14.5 Å². The fourth-order valence-corrected chi connectivity index (χ4v) is 3.75. The second-order valence-corrected chi connectivity index (χ2v) is 6.53. The number of nitrogens with two attached hydrogens (primary N) is 1. The Kier molecular flexibility index (Phi) is 4.41. The van der Waals surface area contributed by atoms with Crippen LogP contribution in [-0.4, -0.2) is 62.1 Å². The summed E-state index contributed by atoms with van der Waals surface area (Å²) in [6.07, 6.45) is -0.935. The minimum atomic E-state index is -0.935. The van der Waals surface area contributed by atoms with Crippen LogP contribution in [-0.2, 0) is 4.74 Å². The van der Waals surface area contributed by atoms with E-state index in [1.54, 1.807) is 12.1 Å². The van der Waals surface area contributed by atoms with Gasteiger partial charge in [0.25, 0.3) is 11.8 Å². The number of amides is 3. The molecule has 0 aromatic heterocycles. The molecule has 2 aromatic rings. The number of carbonyl (C=O) groups excluding carboxylic acids is 3. The number of ether oxygens (including phenoxy) is 1. The van der Waals surface area contributed by atoms with E-state index in [-0.39, 0.29) is 25.0 Å².